The van der Waals surface area contributed by atoms with Gasteiger partial charge in [0.2, 0.25) is 0 Å². The molecule has 0 aromatic heterocycles. The molecule has 11 rings (SSSR count). The lowest BCUT2D eigenvalue weighted by molar-refractivity contribution is 0.335. The van der Waals surface area contributed by atoms with Gasteiger partial charge in [0.25, 0.3) is 6.71 Å². The molecule has 1 fully saturated rings. The Morgan fingerprint density at radius 1 is 0.620 bits per heavy atom. The van der Waals surface area contributed by atoms with E-state index < -0.39 is 0 Å². The van der Waals surface area contributed by atoms with Crippen LogP contribution in [0.3, 0.4) is 0 Å². The number of rotatable bonds is 4. The number of benzene rings is 5. The molecule has 5 aromatic rings. The van der Waals surface area contributed by atoms with Crippen molar-refractivity contribution in [2.24, 2.45) is 17.8 Å². The van der Waals surface area contributed by atoms with E-state index in [1.165, 1.54) is 79.9 Å². The van der Waals surface area contributed by atoms with Gasteiger partial charge in [0, 0.05) is 40.4 Å². The van der Waals surface area contributed by atoms with Gasteiger partial charge in [-0.15, -0.1) is 0 Å². The summed E-state index contributed by atoms with van der Waals surface area (Å²) in [6, 6.07) is 43.9. The zero-order valence-electron chi connectivity index (χ0n) is 28.5. The fourth-order valence-corrected chi connectivity index (χ4v) is 10.4. The fourth-order valence-electron chi connectivity index (χ4n) is 10.4. The Morgan fingerprint density at radius 2 is 1.22 bits per heavy atom. The lowest BCUT2D eigenvalue weighted by atomic mass is 9.31. The van der Waals surface area contributed by atoms with Gasteiger partial charge < -0.3 is 9.80 Å². The third kappa shape index (κ3) is 3.98. The van der Waals surface area contributed by atoms with E-state index in [4.69, 9.17) is 0 Å². The Labute approximate surface area is 295 Å². The summed E-state index contributed by atoms with van der Waals surface area (Å²) >= 11 is 0. The molecule has 240 valence electrons. The van der Waals surface area contributed by atoms with Crippen LogP contribution in [0.4, 0.5) is 22.7 Å². The number of allylic oxidation sites excluding steroid dienone is 7. The van der Waals surface area contributed by atoms with Gasteiger partial charge in [-0.05, 0) is 107 Å². The smallest absolute Gasteiger partial charge is 0.253 e. The van der Waals surface area contributed by atoms with E-state index in [2.05, 4.69) is 162 Å². The molecule has 4 aliphatic carbocycles. The first-order valence-corrected chi connectivity index (χ1v) is 18.6. The van der Waals surface area contributed by atoms with E-state index in [1.807, 2.05) is 0 Å². The summed E-state index contributed by atoms with van der Waals surface area (Å²) in [5.74, 6) is 1.81. The minimum atomic E-state index is 0.0806. The molecule has 6 aliphatic rings. The number of fused-ring (bicyclic) bond motifs is 4. The highest BCUT2D eigenvalue weighted by Crippen LogP contribution is 2.57. The molecule has 0 N–H and O–H groups in total. The Bertz CT molecular complexity index is 2330. The normalized spacial score (nSPS) is 23.5. The standard InChI is InChI=1S/C47H39BN2/c1-30-26-33-27-34-28-35(44(33)34)29-43(30)50-40-23-12-21-38(32-16-7-3-8-17-32)46(40)48-45-37(31-14-5-2-6-15-31)20-11-22-39(45)49(36-18-9-4-10-19-36)41-24-13-25-42(50)47(41)48/h2-9,11-18,20-26,28,30,35,43-44H,10,19,27,29H2,1H3. The predicted octanol–water partition coefficient (Wildman–Crippen LogP) is 9.58. The van der Waals surface area contributed by atoms with Gasteiger partial charge in [-0.25, -0.2) is 0 Å². The second-order valence-corrected chi connectivity index (χ2v) is 15.1. The molecule has 0 radical (unpaired) electrons. The van der Waals surface area contributed by atoms with Crippen LogP contribution in [0.1, 0.15) is 32.6 Å². The summed E-state index contributed by atoms with van der Waals surface area (Å²) in [6.07, 6.45) is 16.6. The van der Waals surface area contributed by atoms with Crippen LogP contribution >= 0.6 is 0 Å². The lowest BCUT2D eigenvalue weighted by Crippen LogP contribution is -2.64. The van der Waals surface area contributed by atoms with E-state index in [9.17, 15) is 0 Å². The van der Waals surface area contributed by atoms with Crippen molar-refractivity contribution >= 4 is 45.9 Å². The summed E-state index contributed by atoms with van der Waals surface area (Å²) in [7, 11) is 0. The third-order valence-corrected chi connectivity index (χ3v) is 12.5. The van der Waals surface area contributed by atoms with Crippen molar-refractivity contribution in [3.63, 3.8) is 0 Å². The first-order chi connectivity index (χ1) is 24.7. The first-order valence-electron chi connectivity index (χ1n) is 18.6. The van der Waals surface area contributed by atoms with Crippen LogP contribution in [-0.2, 0) is 0 Å². The summed E-state index contributed by atoms with van der Waals surface area (Å²) in [6.45, 7) is 2.56. The van der Waals surface area contributed by atoms with Crippen LogP contribution in [0, 0.1) is 17.8 Å². The highest BCUT2D eigenvalue weighted by Gasteiger charge is 2.50. The number of nitrogens with zero attached hydrogens (tertiary/aromatic N) is 2. The molecule has 2 aliphatic heterocycles. The second kappa shape index (κ2) is 10.9. The van der Waals surface area contributed by atoms with E-state index >= 15 is 0 Å². The topological polar surface area (TPSA) is 6.48 Å². The Balaban J connectivity index is 1.24. The van der Waals surface area contributed by atoms with E-state index in [0.717, 1.165) is 12.8 Å². The molecule has 1 saturated carbocycles. The molecule has 0 spiro atoms. The Morgan fingerprint density at radius 3 is 1.88 bits per heavy atom. The predicted molar refractivity (Wildman–Crippen MR) is 211 cm³/mol. The molecule has 0 bridgehead atoms. The molecular formula is C47H39BN2. The molecule has 2 heterocycles. The van der Waals surface area contributed by atoms with Crippen molar-refractivity contribution in [2.45, 2.75) is 38.6 Å². The van der Waals surface area contributed by atoms with Gasteiger partial charge in [0.1, 0.15) is 0 Å². The van der Waals surface area contributed by atoms with Crippen LogP contribution in [0.15, 0.2) is 162 Å². The van der Waals surface area contributed by atoms with Crippen LogP contribution in [0.5, 0.6) is 0 Å². The average molecular weight is 643 g/mol. The van der Waals surface area contributed by atoms with Crippen molar-refractivity contribution in [1.29, 1.82) is 0 Å². The lowest BCUT2D eigenvalue weighted by Gasteiger charge is -2.50. The number of anilines is 4. The minimum absolute atomic E-state index is 0.0806. The number of hydrogen-bond acceptors (Lipinski definition) is 2. The van der Waals surface area contributed by atoms with E-state index in [1.54, 1.807) is 11.1 Å². The van der Waals surface area contributed by atoms with Crippen LogP contribution in [-0.4, -0.2) is 12.8 Å². The van der Waals surface area contributed by atoms with E-state index in [0.29, 0.717) is 23.8 Å². The Kier molecular flexibility index (Phi) is 6.20. The van der Waals surface area contributed by atoms with Crippen LogP contribution in [0.25, 0.3) is 22.3 Å². The molecule has 0 amide bonds. The summed E-state index contributed by atoms with van der Waals surface area (Å²) < 4.78 is 0. The maximum Gasteiger partial charge on any atom is 0.253 e. The average Bonchev–Trinajstić information content (AvgIpc) is 3.19. The van der Waals surface area contributed by atoms with Crippen molar-refractivity contribution in [3.8, 4) is 22.3 Å². The molecule has 5 aromatic carbocycles. The zero-order valence-corrected chi connectivity index (χ0v) is 28.5. The fraction of sp³-hybridized carbons (Fsp3) is 0.191. The van der Waals surface area contributed by atoms with Gasteiger partial charge in [-0.2, -0.15) is 0 Å². The third-order valence-electron chi connectivity index (χ3n) is 12.5. The molecule has 4 unspecified atom stereocenters. The summed E-state index contributed by atoms with van der Waals surface area (Å²) in [5.41, 5.74) is 19.7. The molecule has 0 saturated heterocycles. The van der Waals surface area contributed by atoms with Crippen molar-refractivity contribution in [1.82, 2.24) is 0 Å². The van der Waals surface area contributed by atoms with Gasteiger partial charge in [0.15, 0.2) is 0 Å². The number of hydrogen-bond donors (Lipinski definition) is 0. The van der Waals surface area contributed by atoms with Gasteiger partial charge in [0.05, 0.1) is 0 Å². The van der Waals surface area contributed by atoms with Crippen molar-refractivity contribution in [3.05, 3.63) is 162 Å². The highest BCUT2D eigenvalue weighted by molar-refractivity contribution is 7.01. The highest BCUT2D eigenvalue weighted by atomic mass is 15.2. The summed E-state index contributed by atoms with van der Waals surface area (Å²) in [4.78, 5) is 5.42. The van der Waals surface area contributed by atoms with Crippen molar-refractivity contribution < 1.29 is 0 Å². The first kappa shape index (κ1) is 28.6. The molecular weight excluding hydrogens is 603 g/mol. The maximum atomic E-state index is 2.80. The molecule has 50 heavy (non-hydrogen) atoms. The molecule has 3 heteroatoms. The van der Waals surface area contributed by atoms with Gasteiger partial charge in [-0.3, -0.25) is 0 Å². The second-order valence-electron chi connectivity index (χ2n) is 15.1. The Hall–Kier alpha value is -5.28. The quantitative estimate of drug-likeness (QED) is 0.142. The van der Waals surface area contributed by atoms with Crippen LogP contribution < -0.4 is 26.2 Å². The minimum Gasteiger partial charge on any atom is -0.339 e. The molecule has 4 atom stereocenters. The molecule has 2 nitrogen and oxygen atoms in total. The maximum absolute atomic E-state index is 2.80. The van der Waals surface area contributed by atoms with E-state index in [-0.39, 0.29) is 6.71 Å². The zero-order chi connectivity index (χ0) is 32.9. The van der Waals surface area contributed by atoms with Gasteiger partial charge in [-0.1, -0.05) is 133 Å². The van der Waals surface area contributed by atoms with Gasteiger partial charge >= 0.3 is 0 Å². The SMILES string of the molecule is CC1C=C2CC3=CC(CC1N1c4cccc(-c5ccccc5)c4B4c5c(-c6ccccc6)cccc5N(C5=CC=CCC5)c5cccc1c54)C23. The largest absolute Gasteiger partial charge is 0.339 e. The monoisotopic (exact) mass is 642 g/mol. The van der Waals surface area contributed by atoms with Crippen molar-refractivity contribution in [2.75, 3.05) is 9.80 Å². The summed E-state index contributed by atoms with van der Waals surface area (Å²) in [5, 5.41) is 0. The van der Waals surface area contributed by atoms with Crippen LogP contribution in [0.2, 0.25) is 0 Å².